The molecule has 0 fully saturated rings. The maximum Gasteiger partial charge on any atom is 0.259 e. The van der Waals surface area contributed by atoms with Crippen molar-refractivity contribution < 1.29 is 9.18 Å². The lowest BCUT2D eigenvalue weighted by Gasteiger charge is -2.05. The molecule has 92 valence electrons. The summed E-state index contributed by atoms with van der Waals surface area (Å²) < 4.78 is 14.1. The molecule has 1 aromatic heterocycles. The fraction of sp³-hybridized carbons (Fsp3) is 0. The summed E-state index contributed by atoms with van der Waals surface area (Å²) in [6.45, 7) is 0. The third-order valence-electron chi connectivity index (χ3n) is 2.06. The van der Waals surface area contributed by atoms with Crippen molar-refractivity contribution in [2.24, 2.45) is 0 Å². The first-order valence-electron chi connectivity index (χ1n) is 4.81. The van der Waals surface area contributed by atoms with Gasteiger partial charge in [0, 0.05) is 0 Å². The Hall–Kier alpha value is -1.53. The summed E-state index contributed by atoms with van der Waals surface area (Å²) in [7, 11) is 0. The van der Waals surface area contributed by atoms with E-state index < -0.39 is 11.7 Å². The van der Waals surface area contributed by atoms with E-state index in [1.54, 1.807) is 0 Å². The van der Waals surface area contributed by atoms with Gasteiger partial charge in [-0.05, 0) is 28.1 Å². The molecule has 2 aromatic rings. The average molecular weight is 331 g/mol. The van der Waals surface area contributed by atoms with E-state index in [0.717, 1.165) is 0 Å². The number of carbonyl (C=O) groups is 1. The van der Waals surface area contributed by atoms with Crippen LogP contribution in [0.2, 0.25) is 5.02 Å². The topological polar surface area (TPSA) is 54.9 Å². The van der Waals surface area contributed by atoms with Crippen LogP contribution in [0.5, 0.6) is 0 Å². The number of aromatic nitrogens is 2. The van der Waals surface area contributed by atoms with Gasteiger partial charge in [0.2, 0.25) is 0 Å². The van der Waals surface area contributed by atoms with Crippen LogP contribution in [0, 0.1) is 5.82 Å². The molecule has 1 aromatic carbocycles. The summed E-state index contributed by atoms with van der Waals surface area (Å²) in [5.74, 6) is -1.17. The number of hydrogen-bond donors (Lipinski definition) is 1. The van der Waals surface area contributed by atoms with Crippen molar-refractivity contribution in [1.82, 2.24) is 9.97 Å². The smallest absolute Gasteiger partial charge is 0.259 e. The summed E-state index contributed by atoms with van der Waals surface area (Å²) in [6, 6.07) is 4.20. The summed E-state index contributed by atoms with van der Waals surface area (Å²) in [4.78, 5) is 19.6. The molecule has 0 saturated carbocycles. The van der Waals surface area contributed by atoms with Crippen molar-refractivity contribution in [1.29, 1.82) is 0 Å². The molecule has 0 spiro atoms. The Morgan fingerprint density at radius 1 is 1.33 bits per heavy atom. The Kier molecular flexibility index (Phi) is 3.88. The summed E-state index contributed by atoms with van der Waals surface area (Å²) in [5, 5.41) is 2.31. The minimum absolute atomic E-state index is 0.107. The van der Waals surface area contributed by atoms with Gasteiger partial charge in [0.05, 0.1) is 23.0 Å². The van der Waals surface area contributed by atoms with Gasteiger partial charge in [-0.2, -0.15) is 0 Å². The predicted molar refractivity (Wildman–Crippen MR) is 69.1 cm³/mol. The minimum Gasteiger partial charge on any atom is -0.305 e. The lowest BCUT2D eigenvalue weighted by atomic mass is 10.2. The number of benzene rings is 1. The van der Waals surface area contributed by atoms with E-state index in [2.05, 4.69) is 31.2 Å². The highest BCUT2D eigenvalue weighted by atomic mass is 79.9. The lowest BCUT2D eigenvalue weighted by Crippen LogP contribution is -2.15. The maximum atomic E-state index is 13.6. The largest absolute Gasteiger partial charge is 0.305 e. The summed E-state index contributed by atoms with van der Waals surface area (Å²) in [5.41, 5.74) is -0.146. The van der Waals surface area contributed by atoms with E-state index in [9.17, 15) is 9.18 Å². The number of halogens is 3. The Balaban J connectivity index is 2.22. The highest BCUT2D eigenvalue weighted by molar-refractivity contribution is 9.10. The molecule has 7 heteroatoms. The molecule has 0 atom stereocenters. The fourth-order valence-electron chi connectivity index (χ4n) is 1.24. The van der Waals surface area contributed by atoms with Crippen molar-refractivity contribution in [3.63, 3.8) is 0 Å². The van der Waals surface area contributed by atoms with Crippen molar-refractivity contribution in [3.8, 4) is 0 Å². The summed E-state index contributed by atoms with van der Waals surface area (Å²) in [6.07, 6.45) is 2.77. The second-order valence-corrected chi connectivity index (χ2v) is 4.50. The van der Waals surface area contributed by atoms with Crippen LogP contribution in [-0.2, 0) is 0 Å². The second kappa shape index (κ2) is 5.41. The molecular weight excluding hydrogens is 324 g/mol. The molecule has 0 saturated heterocycles. The van der Waals surface area contributed by atoms with Gasteiger partial charge in [0.1, 0.15) is 4.60 Å². The first kappa shape index (κ1) is 12.9. The number of nitrogens with zero attached hydrogens (tertiary/aromatic N) is 2. The highest BCUT2D eigenvalue weighted by Gasteiger charge is 2.14. The highest BCUT2D eigenvalue weighted by Crippen LogP contribution is 2.18. The molecule has 18 heavy (non-hydrogen) atoms. The van der Waals surface area contributed by atoms with Crippen LogP contribution < -0.4 is 5.32 Å². The van der Waals surface area contributed by atoms with Crippen LogP contribution in [0.15, 0.2) is 35.2 Å². The van der Waals surface area contributed by atoms with E-state index >= 15 is 0 Å². The Morgan fingerprint density at radius 3 is 2.78 bits per heavy atom. The van der Waals surface area contributed by atoms with Gasteiger partial charge in [0.25, 0.3) is 5.91 Å². The molecule has 1 heterocycles. The predicted octanol–water partition coefficient (Wildman–Crippen LogP) is 3.28. The van der Waals surface area contributed by atoms with E-state index in [-0.39, 0.29) is 16.4 Å². The van der Waals surface area contributed by atoms with Crippen molar-refractivity contribution in [2.45, 2.75) is 0 Å². The molecule has 1 N–H and O–H groups in total. The van der Waals surface area contributed by atoms with Gasteiger partial charge < -0.3 is 5.32 Å². The normalized spacial score (nSPS) is 10.2. The molecule has 0 radical (unpaired) electrons. The zero-order valence-electron chi connectivity index (χ0n) is 8.82. The molecule has 0 aliphatic heterocycles. The molecule has 1 amide bonds. The fourth-order valence-corrected chi connectivity index (χ4v) is 1.62. The SMILES string of the molecule is O=C(Nc1cnc(Br)cn1)c1cccc(Cl)c1F. The van der Waals surface area contributed by atoms with Crippen LogP contribution in [0.1, 0.15) is 10.4 Å². The van der Waals surface area contributed by atoms with Gasteiger partial charge in [-0.3, -0.25) is 4.79 Å². The van der Waals surface area contributed by atoms with E-state index in [1.807, 2.05) is 0 Å². The number of amides is 1. The third-order valence-corrected chi connectivity index (χ3v) is 2.76. The Bertz CT molecular complexity index is 591. The van der Waals surface area contributed by atoms with Crippen LogP contribution in [0.25, 0.3) is 0 Å². The summed E-state index contributed by atoms with van der Waals surface area (Å²) >= 11 is 8.71. The monoisotopic (exact) mass is 329 g/mol. The molecule has 0 aliphatic carbocycles. The third kappa shape index (κ3) is 2.83. The number of hydrogen-bond acceptors (Lipinski definition) is 3. The first-order valence-corrected chi connectivity index (χ1v) is 5.98. The van der Waals surface area contributed by atoms with Gasteiger partial charge in [-0.25, -0.2) is 14.4 Å². The van der Waals surface area contributed by atoms with E-state index in [0.29, 0.717) is 4.60 Å². The van der Waals surface area contributed by atoms with E-state index in [1.165, 1.54) is 30.6 Å². The van der Waals surface area contributed by atoms with Crippen LogP contribution in [-0.4, -0.2) is 15.9 Å². The Morgan fingerprint density at radius 2 is 2.11 bits per heavy atom. The molecule has 2 rings (SSSR count). The second-order valence-electron chi connectivity index (χ2n) is 3.28. The van der Waals surface area contributed by atoms with Crippen molar-refractivity contribution in [3.05, 3.63) is 51.6 Å². The van der Waals surface area contributed by atoms with Gasteiger partial charge in [0.15, 0.2) is 11.6 Å². The quantitative estimate of drug-likeness (QED) is 0.919. The van der Waals surface area contributed by atoms with Crippen LogP contribution >= 0.6 is 27.5 Å². The number of nitrogens with one attached hydrogen (secondary N) is 1. The number of anilines is 1. The minimum atomic E-state index is -0.762. The molecule has 0 aliphatic rings. The van der Waals surface area contributed by atoms with Crippen molar-refractivity contribution >= 4 is 39.3 Å². The zero-order valence-corrected chi connectivity index (χ0v) is 11.2. The standard InChI is InChI=1S/C11H6BrClFN3O/c12-8-4-16-9(5-15-8)17-11(18)6-2-1-3-7(13)10(6)14/h1-5H,(H,16,17,18). The van der Waals surface area contributed by atoms with Gasteiger partial charge in [-0.15, -0.1) is 0 Å². The molecule has 4 nitrogen and oxygen atoms in total. The van der Waals surface area contributed by atoms with Crippen molar-refractivity contribution in [2.75, 3.05) is 5.32 Å². The number of carbonyl (C=O) groups excluding carboxylic acids is 1. The van der Waals surface area contributed by atoms with Crippen LogP contribution in [0.4, 0.5) is 10.2 Å². The lowest BCUT2D eigenvalue weighted by molar-refractivity contribution is 0.102. The average Bonchev–Trinajstić information content (AvgIpc) is 2.35. The first-order chi connectivity index (χ1) is 8.58. The van der Waals surface area contributed by atoms with E-state index in [4.69, 9.17) is 11.6 Å². The molecular formula is C11H6BrClFN3O. The molecule has 0 bridgehead atoms. The van der Waals surface area contributed by atoms with Gasteiger partial charge in [-0.1, -0.05) is 17.7 Å². The number of rotatable bonds is 2. The molecule has 0 unspecified atom stereocenters. The Labute approximate surface area is 115 Å². The van der Waals surface area contributed by atoms with Gasteiger partial charge >= 0.3 is 0 Å². The zero-order chi connectivity index (χ0) is 13.1. The maximum absolute atomic E-state index is 13.6. The van der Waals surface area contributed by atoms with Crippen LogP contribution in [0.3, 0.4) is 0 Å².